The third kappa shape index (κ3) is 3.97. The fraction of sp³-hybridized carbons (Fsp3) is 0.600. The van der Waals surface area contributed by atoms with E-state index in [-0.39, 0.29) is 34.0 Å². The number of benzene rings is 1. The van der Waals surface area contributed by atoms with Gasteiger partial charge in [-0.25, -0.2) is 0 Å². The number of fused-ring (bicyclic) bond motifs is 1. The van der Waals surface area contributed by atoms with Crippen molar-refractivity contribution in [1.29, 1.82) is 0 Å². The summed E-state index contributed by atoms with van der Waals surface area (Å²) in [5, 5.41) is 13.5. The summed E-state index contributed by atoms with van der Waals surface area (Å²) < 4.78 is 0. The van der Waals surface area contributed by atoms with Gasteiger partial charge in [-0.3, -0.25) is 0 Å². The maximum absolute atomic E-state index is 9.94. The SMILES string of the molecule is Br.Br.Oc1cccc2c1CCNC2CN1CCCCC1. The van der Waals surface area contributed by atoms with Crippen LogP contribution in [-0.4, -0.2) is 36.2 Å². The number of rotatable bonds is 2. The quantitative estimate of drug-likeness (QED) is 0.789. The summed E-state index contributed by atoms with van der Waals surface area (Å²) in [5.41, 5.74) is 2.45. The van der Waals surface area contributed by atoms with E-state index in [2.05, 4.69) is 16.3 Å². The second kappa shape index (κ2) is 8.37. The number of piperidine rings is 1. The van der Waals surface area contributed by atoms with Gasteiger partial charge in [0.15, 0.2) is 0 Å². The van der Waals surface area contributed by atoms with E-state index < -0.39 is 0 Å². The van der Waals surface area contributed by atoms with Gasteiger partial charge in [-0.05, 0) is 56.1 Å². The fourth-order valence-electron chi connectivity index (χ4n) is 3.24. The minimum atomic E-state index is 0. The lowest BCUT2D eigenvalue weighted by molar-refractivity contribution is 0.202. The van der Waals surface area contributed by atoms with Gasteiger partial charge in [-0.1, -0.05) is 18.6 Å². The van der Waals surface area contributed by atoms with E-state index >= 15 is 0 Å². The van der Waals surface area contributed by atoms with Gasteiger partial charge >= 0.3 is 0 Å². The molecule has 2 aliphatic heterocycles. The lowest BCUT2D eigenvalue weighted by Gasteiger charge is -2.34. The Morgan fingerprint density at radius 2 is 1.90 bits per heavy atom. The summed E-state index contributed by atoms with van der Waals surface area (Å²) >= 11 is 0. The van der Waals surface area contributed by atoms with E-state index in [1.807, 2.05) is 12.1 Å². The molecule has 1 aromatic rings. The Morgan fingerprint density at radius 1 is 1.15 bits per heavy atom. The maximum atomic E-state index is 9.94. The first kappa shape index (κ1) is 18.0. The number of phenolic OH excluding ortho intramolecular Hbond substituents is 1. The lowest BCUT2D eigenvalue weighted by Crippen LogP contribution is -2.41. The van der Waals surface area contributed by atoms with Crippen molar-refractivity contribution in [2.75, 3.05) is 26.2 Å². The van der Waals surface area contributed by atoms with Crippen LogP contribution in [-0.2, 0) is 6.42 Å². The van der Waals surface area contributed by atoms with E-state index in [1.54, 1.807) is 0 Å². The molecule has 114 valence electrons. The molecule has 0 amide bonds. The van der Waals surface area contributed by atoms with Crippen LogP contribution in [0, 0.1) is 0 Å². The Balaban J connectivity index is 0.000001000. The van der Waals surface area contributed by atoms with Gasteiger partial charge in [-0.15, -0.1) is 34.0 Å². The zero-order chi connectivity index (χ0) is 12.4. The molecule has 2 N–H and O–H groups in total. The highest BCUT2D eigenvalue weighted by Crippen LogP contribution is 2.30. The van der Waals surface area contributed by atoms with Crippen molar-refractivity contribution >= 4 is 34.0 Å². The van der Waals surface area contributed by atoms with Gasteiger partial charge in [0.05, 0.1) is 0 Å². The molecule has 0 spiro atoms. The largest absolute Gasteiger partial charge is 0.508 e. The van der Waals surface area contributed by atoms with Crippen LogP contribution in [0.2, 0.25) is 0 Å². The zero-order valence-corrected chi connectivity index (χ0v) is 15.1. The molecule has 2 aliphatic rings. The molecule has 0 aliphatic carbocycles. The lowest BCUT2D eigenvalue weighted by atomic mass is 9.93. The van der Waals surface area contributed by atoms with Gasteiger partial charge in [-0.2, -0.15) is 0 Å². The number of nitrogens with one attached hydrogen (secondary N) is 1. The average Bonchev–Trinajstić information content (AvgIpc) is 2.41. The molecule has 1 atom stereocenters. The van der Waals surface area contributed by atoms with E-state index in [9.17, 15) is 5.11 Å². The first-order valence-electron chi connectivity index (χ1n) is 7.11. The number of aromatic hydroxyl groups is 1. The molecule has 2 heterocycles. The number of hydrogen-bond acceptors (Lipinski definition) is 3. The van der Waals surface area contributed by atoms with Crippen LogP contribution >= 0.6 is 34.0 Å². The van der Waals surface area contributed by atoms with Crippen LogP contribution in [0.4, 0.5) is 0 Å². The van der Waals surface area contributed by atoms with Gasteiger partial charge in [0.25, 0.3) is 0 Å². The minimum absolute atomic E-state index is 0. The smallest absolute Gasteiger partial charge is 0.119 e. The molecule has 0 aromatic heterocycles. The van der Waals surface area contributed by atoms with Crippen molar-refractivity contribution in [1.82, 2.24) is 10.2 Å². The topological polar surface area (TPSA) is 35.5 Å². The summed E-state index contributed by atoms with van der Waals surface area (Å²) in [6.45, 7) is 4.51. The number of halogens is 2. The summed E-state index contributed by atoms with van der Waals surface area (Å²) in [7, 11) is 0. The van der Waals surface area contributed by atoms with Crippen molar-refractivity contribution < 1.29 is 5.11 Å². The predicted molar refractivity (Wildman–Crippen MR) is 93.5 cm³/mol. The second-order valence-corrected chi connectivity index (χ2v) is 5.46. The Hall–Kier alpha value is -0.100. The molecular weight excluding hydrogens is 384 g/mol. The molecule has 3 rings (SSSR count). The van der Waals surface area contributed by atoms with E-state index in [1.165, 1.54) is 37.9 Å². The van der Waals surface area contributed by atoms with Crippen molar-refractivity contribution in [3.05, 3.63) is 29.3 Å². The van der Waals surface area contributed by atoms with Crippen LogP contribution < -0.4 is 5.32 Å². The maximum Gasteiger partial charge on any atom is 0.119 e. The monoisotopic (exact) mass is 406 g/mol. The number of phenols is 1. The highest BCUT2D eigenvalue weighted by molar-refractivity contribution is 8.93. The molecule has 1 fully saturated rings. The zero-order valence-electron chi connectivity index (χ0n) is 11.7. The molecule has 0 saturated carbocycles. The Labute approximate surface area is 142 Å². The molecular formula is C15H24Br2N2O. The summed E-state index contributed by atoms with van der Waals surface area (Å²) in [5.74, 6) is 0.470. The van der Waals surface area contributed by atoms with Crippen molar-refractivity contribution in [2.45, 2.75) is 31.7 Å². The van der Waals surface area contributed by atoms with Crippen LogP contribution in [0.5, 0.6) is 5.75 Å². The third-order valence-electron chi connectivity index (χ3n) is 4.22. The van der Waals surface area contributed by atoms with Crippen LogP contribution in [0.25, 0.3) is 0 Å². The Kier molecular flexibility index (Phi) is 7.51. The highest BCUT2D eigenvalue weighted by Gasteiger charge is 2.24. The van der Waals surface area contributed by atoms with Crippen LogP contribution in [0.1, 0.15) is 36.4 Å². The van der Waals surface area contributed by atoms with Crippen molar-refractivity contribution in [3.8, 4) is 5.75 Å². The van der Waals surface area contributed by atoms with Crippen LogP contribution in [0.3, 0.4) is 0 Å². The molecule has 3 nitrogen and oxygen atoms in total. The van der Waals surface area contributed by atoms with Gasteiger partial charge < -0.3 is 15.3 Å². The van der Waals surface area contributed by atoms with Gasteiger partial charge in [0, 0.05) is 12.6 Å². The molecule has 1 unspecified atom stereocenters. The number of hydrogen-bond donors (Lipinski definition) is 2. The summed E-state index contributed by atoms with van der Waals surface area (Å²) in [4.78, 5) is 2.56. The molecule has 20 heavy (non-hydrogen) atoms. The molecule has 0 radical (unpaired) electrons. The normalized spacial score (nSPS) is 22.3. The van der Waals surface area contributed by atoms with Crippen LogP contribution in [0.15, 0.2) is 18.2 Å². The first-order chi connectivity index (χ1) is 8.84. The fourth-order valence-corrected chi connectivity index (χ4v) is 3.24. The van der Waals surface area contributed by atoms with Gasteiger partial charge in [0.2, 0.25) is 0 Å². The third-order valence-corrected chi connectivity index (χ3v) is 4.22. The van der Waals surface area contributed by atoms with Crippen molar-refractivity contribution in [2.24, 2.45) is 0 Å². The molecule has 5 heteroatoms. The number of likely N-dealkylation sites (tertiary alicyclic amines) is 1. The Morgan fingerprint density at radius 3 is 2.65 bits per heavy atom. The van der Waals surface area contributed by atoms with E-state index in [0.29, 0.717) is 11.8 Å². The highest BCUT2D eigenvalue weighted by atomic mass is 79.9. The summed E-state index contributed by atoms with van der Waals surface area (Å²) in [6, 6.07) is 6.32. The number of nitrogens with zero attached hydrogens (tertiary/aromatic N) is 1. The first-order valence-corrected chi connectivity index (χ1v) is 7.11. The summed E-state index contributed by atoms with van der Waals surface area (Å²) in [6.07, 6.45) is 4.99. The predicted octanol–water partition coefficient (Wildman–Crippen LogP) is 3.22. The molecule has 1 aromatic carbocycles. The second-order valence-electron chi connectivity index (χ2n) is 5.46. The Bertz CT molecular complexity index is 422. The standard InChI is InChI=1S/C15H22N2O.2BrH/c18-15-6-4-5-12-13(15)7-8-16-14(12)11-17-9-2-1-3-10-17;;/h4-6,14,16,18H,1-3,7-11H2;2*1H. The average molecular weight is 408 g/mol. The van der Waals surface area contributed by atoms with Gasteiger partial charge in [0.1, 0.15) is 5.75 Å². The van der Waals surface area contributed by atoms with E-state index in [4.69, 9.17) is 0 Å². The van der Waals surface area contributed by atoms with Crippen molar-refractivity contribution in [3.63, 3.8) is 0 Å². The van der Waals surface area contributed by atoms with E-state index in [0.717, 1.165) is 25.1 Å². The molecule has 0 bridgehead atoms. The minimum Gasteiger partial charge on any atom is -0.508 e. The molecule has 1 saturated heterocycles.